The van der Waals surface area contributed by atoms with E-state index >= 15 is 0 Å². The van der Waals surface area contributed by atoms with Gasteiger partial charge >= 0.3 is 5.97 Å². The first-order valence-corrected chi connectivity index (χ1v) is 19.6. The standard InChI is InChI=1S/C47H54N4O5/c1-7-32(5)29-50(41-23-17-36(18-24-41)44(52)49-43(47(55)56)33(6)8-2)45(53)38-19-25-42(26-20-38)51(30-34-13-14-35-11-9-10-12-39(35)27-34)46(54)37-15-21-40(22-16-37)48-28-31(3)4/h9-27,31-33,43,48H,7-8,28-30H2,1-6H3,(H,49,52)(H,55,56)/t32?,33?,43-/m0/s1. The van der Waals surface area contributed by atoms with Gasteiger partial charge in [0.15, 0.2) is 0 Å². The molecule has 2 unspecified atom stereocenters. The minimum absolute atomic E-state index is 0.158. The molecule has 0 aliphatic heterocycles. The molecule has 0 radical (unpaired) electrons. The zero-order valence-corrected chi connectivity index (χ0v) is 33.3. The fraction of sp³-hybridized carbons (Fsp3) is 0.319. The van der Waals surface area contributed by atoms with Crippen molar-refractivity contribution in [2.75, 3.05) is 28.2 Å². The van der Waals surface area contributed by atoms with Crippen LogP contribution in [-0.2, 0) is 11.3 Å². The molecule has 3 N–H and O–H groups in total. The van der Waals surface area contributed by atoms with Crippen molar-refractivity contribution < 1.29 is 24.3 Å². The molecule has 0 heterocycles. The third-order valence-corrected chi connectivity index (χ3v) is 10.3. The highest BCUT2D eigenvalue weighted by Crippen LogP contribution is 2.27. The lowest BCUT2D eigenvalue weighted by Crippen LogP contribution is -2.45. The lowest BCUT2D eigenvalue weighted by molar-refractivity contribution is -0.140. The molecule has 0 aliphatic carbocycles. The minimum Gasteiger partial charge on any atom is -0.480 e. The van der Waals surface area contributed by atoms with Crippen LogP contribution in [0.4, 0.5) is 17.1 Å². The molecule has 3 atom stereocenters. The van der Waals surface area contributed by atoms with Crippen molar-refractivity contribution in [2.24, 2.45) is 17.8 Å². The molecule has 0 fully saturated rings. The van der Waals surface area contributed by atoms with E-state index in [4.69, 9.17) is 0 Å². The molecule has 9 heteroatoms. The van der Waals surface area contributed by atoms with E-state index in [0.29, 0.717) is 53.5 Å². The van der Waals surface area contributed by atoms with Crippen LogP contribution in [0.3, 0.4) is 0 Å². The van der Waals surface area contributed by atoms with Crippen molar-refractivity contribution >= 4 is 51.5 Å². The molecular weight excluding hydrogens is 701 g/mol. The van der Waals surface area contributed by atoms with E-state index in [2.05, 4.69) is 62.6 Å². The summed E-state index contributed by atoms with van der Waals surface area (Å²) < 4.78 is 0. The number of hydrogen-bond donors (Lipinski definition) is 3. The number of benzene rings is 5. The highest BCUT2D eigenvalue weighted by molar-refractivity contribution is 6.08. The van der Waals surface area contributed by atoms with Gasteiger partial charge in [0.25, 0.3) is 17.7 Å². The lowest BCUT2D eigenvalue weighted by atomic mass is 9.99. The number of carbonyl (C=O) groups is 4. The zero-order valence-electron chi connectivity index (χ0n) is 33.3. The quantitative estimate of drug-likeness (QED) is 0.0870. The van der Waals surface area contributed by atoms with Crippen molar-refractivity contribution in [2.45, 2.75) is 67.0 Å². The number of rotatable bonds is 17. The summed E-state index contributed by atoms with van der Waals surface area (Å²) >= 11 is 0. The van der Waals surface area contributed by atoms with Gasteiger partial charge in [0.1, 0.15) is 6.04 Å². The van der Waals surface area contributed by atoms with E-state index in [1.54, 1.807) is 53.1 Å². The van der Waals surface area contributed by atoms with Crippen LogP contribution in [0.2, 0.25) is 0 Å². The van der Waals surface area contributed by atoms with Crippen LogP contribution in [-0.4, -0.2) is 47.9 Å². The van der Waals surface area contributed by atoms with E-state index in [-0.39, 0.29) is 23.7 Å². The van der Waals surface area contributed by atoms with Crippen LogP contribution in [0.15, 0.2) is 115 Å². The van der Waals surface area contributed by atoms with Gasteiger partial charge in [-0.15, -0.1) is 0 Å². The van der Waals surface area contributed by atoms with Gasteiger partial charge in [-0.2, -0.15) is 0 Å². The fourth-order valence-corrected chi connectivity index (χ4v) is 6.40. The first kappa shape index (κ1) is 41.2. The molecular formula is C47H54N4O5. The third kappa shape index (κ3) is 10.4. The van der Waals surface area contributed by atoms with Crippen LogP contribution in [0.1, 0.15) is 91.0 Å². The normalized spacial score (nSPS) is 12.8. The predicted octanol–water partition coefficient (Wildman–Crippen LogP) is 9.68. The number of fused-ring (bicyclic) bond motifs is 1. The fourth-order valence-electron chi connectivity index (χ4n) is 6.40. The number of carbonyl (C=O) groups excluding carboxylic acids is 3. The molecule has 9 nitrogen and oxygen atoms in total. The highest BCUT2D eigenvalue weighted by atomic mass is 16.4. The van der Waals surface area contributed by atoms with Gasteiger partial charge in [0.05, 0.1) is 6.54 Å². The number of anilines is 3. The molecule has 0 aliphatic rings. The number of aliphatic carboxylic acids is 1. The zero-order chi connectivity index (χ0) is 40.4. The van der Waals surface area contributed by atoms with Crippen molar-refractivity contribution in [3.63, 3.8) is 0 Å². The number of carboxylic acid groups (broad SMARTS) is 1. The Hall–Kier alpha value is -5.96. The Bertz CT molecular complexity index is 2110. The Morgan fingerprint density at radius 2 is 1.20 bits per heavy atom. The largest absolute Gasteiger partial charge is 0.480 e. The second kappa shape index (κ2) is 19.1. The monoisotopic (exact) mass is 754 g/mol. The smallest absolute Gasteiger partial charge is 0.326 e. The van der Waals surface area contributed by atoms with Crippen LogP contribution in [0, 0.1) is 17.8 Å². The first-order valence-electron chi connectivity index (χ1n) is 19.6. The highest BCUT2D eigenvalue weighted by Gasteiger charge is 2.27. The van der Waals surface area contributed by atoms with Crippen LogP contribution in [0.25, 0.3) is 10.8 Å². The van der Waals surface area contributed by atoms with Crippen molar-refractivity contribution in [1.82, 2.24) is 5.32 Å². The Morgan fingerprint density at radius 3 is 1.77 bits per heavy atom. The summed E-state index contributed by atoms with van der Waals surface area (Å²) in [5.41, 5.74) is 4.51. The summed E-state index contributed by atoms with van der Waals surface area (Å²) in [5.74, 6) is -1.50. The van der Waals surface area contributed by atoms with Crippen LogP contribution in [0.5, 0.6) is 0 Å². The molecule has 0 saturated carbocycles. The topological polar surface area (TPSA) is 119 Å². The molecule has 0 aromatic heterocycles. The Morgan fingerprint density at radius 1 is 0.643 bits per heavy atom. The van der Waals surface area contributed by atoms with Gasteiger partial charge in [0.2, 0.25) is 0 Å². The van der Waals surface area contributed by atoms with Crippen molar-refractivity contribution in [3.8, 4) is 0 Å². The minimum atomic E-state index is -1.08. The molecule has 292 valence electrons. The van der Waals surface area contributed by atoms with Crippen LogP contribution >= 0.6 is 0 Å². The molecule has 5 aromatic carbocycles. The van der Waals surface area contributed by atoms with Gasteiger partial charge in [0, 0.05) is 46.8 Å². The van der Waals surface area contributed by atoms with E-state index < -0.39 is 17.9 Å². The maximum atomic E-state index is 14.2. The summed E-state index contributed by atoms with van der Waals surface area (Å²) in [6.07, 6.45) is 1.46. The van der Waals surface area contributed by atoms with Gasteiger partial charge in [-0.05, 0) is 113 Å². The summed E-state index contributed by atoms with van der Waals surface area (Å²) in [5, 5.41) is 17.9. The summed E-state index contributed by atoms with van der Waals surface area (Å²) in [6, 6.07) is 34.7. The van der Waals surface area contributed by atoms with Gasteiger partial charge in [-0.3, -0.25) is 14.4 Å². The predicted molar refractivity (Wildman–Crippen MR) is 227 cm³/mol. The molecule has 3 amide bonds. The lowest BCUT2D eigenvalue weighted by Gasteiger charge is -2.27. The van der Waals surface area contributed by atoms with Gasteiger partial charge in [-0.1, -0.05) is 90.8 Å². The SMILES string of the molecule is CCC(C)CN(C(=O)c1ccc(N(Cc2ccc3ccccc3c2)C(=O)c2ccc(NCC(C)C)cc2)cc1)c1ccc(C(=O)N[C@H](C(=O)O)C(C)CC)cc1. The summed E-state index contributed by atoms with van der Waals surface area (Å²) in [4.78, 5) is 56.7. The number of nitrogens with zero attached hydrogens (tertiary/aromatic N) is 2. The molecule has 56 heavy (non-hydrogen) atoms. The maximum absolute atomic E-state index is 14.2. The molecule has 5 aromatic rings. The Kier molecular flexibility index (Phi) is 14.0. The molecule has 0 bridgehead atoms. The summed E-state index contributed by atoms with van der Waals surface area (Å²) in [6.45, 7) is 13.7. The molecule has 0 spiro atoms. The number of carboxylic acids is 1. The van der Waals surface area contributed by atoms with E-state index in [0.717, 1.165) is 35.0 Å². The van der Waals surface area contributed by atoms with Gasteiger partial charge in [-0.25, -0.2) is 4.79 Å². The van der Waals surface area contributed by atoms with E-state index in [9.17, 15) is 24.3 Å². The van der Waals surface area contributed by atoms with E-state index in [1.807, 2.05) is 61.5 Å². The first-order chi connectivity index (χ1) is 26.9. The number of amides is 3. The van der Waals surface area contributed by atoms with Gasteiger partial charge < -0.3 is 25.5 Å². The third-order valence-electron chi connectivity index (χ3n) is 10.3. The Labute approximate surface area is 330 Å². The Balaban J connectivity index is 1.41. The van der Waals surface area contributed by atoms with Crippen molar-refractivity contribution in [1.29, 1.82) is 0 Å². The van der Waals surface area contributed by atoms with Crippen molar-refractivity contribution in [3.05, 3.63) is 138 Å². The average Bonchev–Trinajstić information content (AvgIpc) is 3.22. The second-order valence-corrected chi connectivity index (χ2v) is 15.1. The molecule has 0 saturated heterocycles. The number of nitrogens with one attached hydrogen (secondary N) is 2. The van der Waals surface area contributed by atoms with E-state index in [1.165, 1.54) is 0 Å². The maximum Gasteiger partial charge on any atom is 0.326 e. The summed E-state index contributed by atoms with van der Waals surface area (Å²) in [7, 11) is 0. The average molecular weight is 755 g/mol. The second-order valence-electron chi connectivity index (χ2n) is 15.1. The molecule has 5 rings (SSSR count). The van der Waals surface area contributed by atoms with Crippen LogP contribution < -0.4 is 20.4 Å². The number of hydrogen-bond acceptors (Lipinski definition) is 5.